The number of hydrogen-bond donors (Lipinski definition) is 1. The van der Waals surface area contributed by atoms with Crippen LogP contribution in [0.5, 0.6) is 11.5 Å². The maximum atomic E-state index is 12.3. The molecule has 0 saturated heterocycles. The first-order chi connectivity index (χ1) is 9.13. The van der Waals surface area contributed by atoms with Crippen molar-refractivity contribution in [2.45, 2.75) is 0 Å². The maximum Gasteiger partial charge on any atom is 0.261 e. The molecule has 0 saturated carbocycles. The van der Waals surface area contributed by atoms with E-state index in [2.05, 4.69) is 4.98 Å². The highest BCUT2D eigenvalue weighted by Gasteiger charge is 2.18. The summed E-state index contributed by atoms with van der Waals surface area (Å²) in [5.74, 6) is 0.103. The van der Waals surface area contributed by atoms with Crippen LogP contribution in [0.1, 0.15) is 10.4 Å². The molecular weight excluding hydrogens is 244 g/mol. The number of ether oxygens (including phenoxy) is 1. The van der Waals surface area contributed by atoms with E-state index in [-0.39, 0.29) is 17.2 Å². The predicted molar refractivity (Wildman–Crippen MR) is 71.6 cm³/mol. The highest BCUT2D eigenvalue weighted by Crippen LogP contribution is 2.25. The van der Waals surface area contributed by atoms with E-state index in [9.17, 15) is 9.90 Å². The molecule has 0 spiro atoms. The van der Waals surface area contributed by atoms with E-state index in [1.165, 1.54) is 24.1 Å². The highest BCUT2D eigenvalue weighted by atomic mass is 16.5. The largest absolute Gasteiger partial charge is 0.507 e. The molecule has 5 heteroatoms. The van der Waals surface area contributed by atoms with E-state index in [0.717, 1.165) is 0 Å². The Morgan fingerprint density at radius 2 is 2.16 bits per heavy atom. The second kappa shape index (κ2) is 5.39. The van der Waals surface area contributed by atoms with E-state index in [1.54, 1.807) is 37.6 Å². The number of pyridine rings is 1. The van der Waals surface area contributed by atoms with Gasteiger partial charge in [0.25, 0.3) is 5.91 Å². The number of phenols is 1. The molecule has 98 valence electrons. The Morgan fingerprint density at radius 3 is 2.79 bits per heavy atom. The monoisotopic (exact) mass is 258 g/mol. The van der Waals surface area contributed by atoms with Crippen LogP contribution in [0.15, 0.2) is 42.7 Å². The fourth-order valence-electron chi connectivity index (χ4n) is 1.66. The molecule has 1 amide bonds. The van der Waals surface area contributed by atoms with Gasteiger partial charge in [-0.05, 0) is 30.3 Å². The zero-order valence-electron chi connectivity index (χ0n) is 10.7. The average molecular weight is 258 g/mol. The van der Waals surface area contributed by atoms with Crippen LogP contribution in [-0.4, -0.2) is 30.2 Å². The number of benzene rings is 1. The summed E-state index contributed by atoms with van der Waals surface area (Å²) in [6.45, 7) is 0. The molecule has 0 aliphatic heterocycles. The van der Waals surface area contributed by atoms with Crippen molar-refractivity contribution in [1.82, 2.24) is 4.98 Å². The van der Waals surface area contributed by atoms with Crippen molar-refractivity contribution in [2.24, 2.45) is 0 Å². The third kappa shape index (κ3) is 2.65. The molecule has 0 fully saturated rings. The molecule has 2 rings (SSSR count). The fraction of sp³-hybridized carbons (Fsp3) is 0.143. The number of methoxy groups -OCH3 is 1. The standard InChI is InChI=1S/C14H14N2O3/c1-16(10-4-3-7-15-9-10)14(18)12-8-11(19-2)5-6-13(12)17/h3-9,17H,1-2H3. The number of nitrogens with zero attached hydrogens (tertiary/aromatic N) is 2. The topological polar surface area (TPSA) is 62.7 Å². The van der Waals surface area contributed by atoms with E-state index >= 15 is 0 Å². The number of hydrogen-bond acceptors (Lipinski definition) is 4. The number of aromatic nitrogens is 1. The zero-order valence-corrected chi connectivity index (χ0v) is 10.7. The summed E-state index contributed by atoms with van der Waals surface area (Å²) in [6.07, 6.45) is 3.21. The van der Waals surface area contributed by atoms with Crippen molar-refractivity contribution in [1.29, 1.82) is 0 Å². The van der Waals surface area contributed by atoms with Gasteiger partial charge in [-0.1, -0.05) is 0 Å². The van der Waals surface area contributed by atoms with Crippen LogP contribution in [0, 0.1) is 0 Å². The molecule has 2 aromatic rings. The van der Waals surface area contributed by atoms with Gasteiger partial charge in [0.15, 0.2) is 0 Å². The Balaban J connectivity index is 2.34. The van der Waals surface area contributed by atoms with Crippen LogP contribution in [-0.2, 0) is 0 Å². The molecule has 1 N–H and O–H groups in total. The molecule has 1 aromatic heterocycles. The lowest BCUT2D eigenvalue weighted by Crippen LogP contribution is -2.26. The SMILES string of the molecule is COc1ccc(O)c(C(=O)N(C)c2cccnc2)c1. The lowest BCUT2D eigenvalue weighted by molar-refractivity contribution is 0.0990. The first-order valence-electron chi connectivity index (χ1n) is 5.68. The summed E-state index contributed by atoms with van der Waals surface area (Å²) in [7, 11) is 3.13. The molecule has 0 bridgehead atoms. The molecule has 19 heavy (non-hydrogen) atoms. The van der Waals surface area contributed by atoms with Gasteiger partial charge in [0.1, 0.15) is 11.5 Å². The van der Waals surface area contributed by atoms with Crippen LogP contribution in [0.25, 0.3) is 0 Å². The average Bonchev–Trinajstić information content (AvgIpc) is 2.47. The van der Waals surface area contributed by atoms with Gasteiger partial charge in [0.05, 0.1) is 24.6 Å². The Hall–Kier alpha value is -2.56. The minimum Gasteiger partial charge on any atom is -0.507 e. The number of rotatable bonds is 3. The van der Waals surface area contributed by atoms with Gasteiger partial charge in [0, 0.05) is 13.2 Å². The van der Waals surface area contributed by atoms with Gasteiger partial charge in [-0.2, -0.15) is 0 Å². The summed E-state index contributed by atoms with van der Waals surface area (Å²) in [6, 6.07) is 8.04. The number of anilines is 1. The van der Waals surface area contributed by atoms with Gasteiger partial charge < -0.3 is 14.7 Å². The van der Waals surface area contributed by atoms with Gasteiger partial charge in [-0.15, -0.1) is 0 Å². The molecule has 1 aromatic carbocycles. The highest BCUT2D eigenvalue weighted by molar-refractivity contribution is 6.07. The van der Waals surface area contributed by atoms with Crippen molar-refractivity contribution in [2.75, 3.05) is 19.1 Å². The maximum absolute atomic E-state index is 12.3. The first kappa shape index (κ1) is 12.9. The Labute approximate surface area is 111 Å². The molecule has 5 nitrogen and oxygen atoms in total. The van der Waals surface area contributed by atoms with Crippen LogP contribution in [0.4, 0.5) is 5.69 Å². The first-order valence-corrected chi connectivity index (χ1v) is 5.68. The summed E-state index contributed by atoms with van der Waals surface area (Å²) >= 11 is 0. The van der Waals surface area contributed by atoms with E-state index < -0.39 is 0 Å². The quantitative estimate of drug-likeness (QED) is 0.915. The van der Waals surface area contributed by atoms with E-state index in [4.69, 9.17) is 4.74 Å². The Kier molecular flexibility index (Phi) is 3.66. The lowest BCUT2D eigenvalue weighted by Gasteiger charge is -2.17. The van der Waals surface area contributed by atoms with Gasteiger partial charge in [-0.25, -0.2) is 0 Å². The summed E-state index contributed by atoms with van der Waals surface area (Å²) in [5.41, 5.74) is 0.834. The zero-order chi connectivity index (χ0) is 13.8. The van der Waals surface area contributed by atoms with Crippen molar-refractivity contribution in [3.63, 3.8) is 0 Å². The molecule has 0 aliphatic carbocycles. The number of carbonyl (C=O) groups is 1. The Bertz CT molecular complexity index is 584. The molecule has 0 atom stereocenters. The number of aromatic hydroxyl groups is 1. The van der Waals surface area contributed by atoms with Crippen LogP contribution in [0.2, 0.25) is 0 Å². The normalized spacial score (nSPS) is 10.0. The van der Waals surface area contributed by atoms with Crippen molar-refractivity contribution in [3.8, 4) is 11.5 Å². The second-order valence-corrected chi connectivity index (χ2v) is 3.96. The van der Waals surface area contributed by atoms with Crippen LogP contribution < -0.4 is 9.64 Å². The fourth-order valence-corrected chi connectivity index (χ4v) is 1.66. The third-order valence-corrected chi connectivity index (χ3v) is 2.77. The summed E-state index contributed by atoms with van der Waals surface area (Å²) in [4.78, 5) is 17.7. The smallest absolute Gasteiger partial charge is 0.261 e. The molecule has 0 aliphatic rings. The van der Waals surface area contributed by atoms with E-state index in [1.807, 2.05) is 0 Å². The van der Waals surface area contributed by atoms with Crippen molar-refractivity contribution < 1.29 is 14.6 Å². The third-order valence-electron chi connectivity index (χ3n) is 2.77. The minimum absolute atomic E-state index is 0.0819. The van der Waals surface area contributed by atoms with Gasteiger partial charge in [-0.3, -0.25) is 9.78 Å². The van der Waals surface area contributed by atoms with Crippen molar-refractivity contribution in [3.05, 3.63) is 48.3 Å². The minimum atomic E-state index is -0.329. The van der Waals surface area contributed by atoms with Gasteiger partial charge in [0.2, 0.25) is 0 Å². The Morgan fingerprint density at radius 1 is 1.37 bits per heavy atom. The lowest BCUT2D eigenvalue weighted by atomic mass is 10.1. The number of carbonyl (C=O) groups excluding carboxylic acids is 1. The summed E-state index contributed by atoms with van der Waals surface area (Å²) in [5, 5.41) is 9.78. The van der Waals surface area contributed by atoms with Crippen molar-refractivity contribution >= 4 is 11.6 Å². The molecular formula is C14H14N2O3. The predicted octanol–water partition coefficient (Wildman–Crippen LogP) is 2.07. The van der Waals surface area contributed by atoms with Crippen LogP contribution in [0.3, 0.4) is 0 Å². The van der Waals surface area contributed by atoms with Gasteiger partial charge >= 0.3 is 0 Å². The number of amides is 1. The molecule has 1 heterocycles. The summed E-state index contributed by atoms with van der Waals surface area (Å²) < 4.78 is 5.05. The van der Waals surface area contributed by atoms with Crippen LogP contribution >= 0.6 is 0 Å². The molecule has 0 unspecified atom stereocenters. The number of phenolic OH excluding ortho intramolecular Hbond substituents is 1. The van der Waals surface area contributed by atoms with E-state index in [0.29, 0.717) is 11.4 Å². The second-order valence-electron chi connectivity index (χ2n) is 3.96. The molecule has 0 radical (unpaired) electrons.